The highest BCUT2D eigenvalue weighted by atomic mass is 28.4. The van der Waals surface area contributed by atoms with Gasteiger partial charge in [0.15, 0.2) is 11.6 Å². The summed E-state index contributed by atoms with van der Waals surface area (Å²) in [7, 11) is -2.82. The Morgan fingerprint density at radius 1 is 0.784 bits per heavy atom. The molecule has 0 unspecified atom stereocenters. The van der Waals surface area contributed by atoms with E-state index in [4.69, 9.17) is 23.4 Å². The first-order valence-corrected chi connectivity index (χ1v) is 15.0. The number of hydrogen-bond donors (Lipinski definition) is 2. The first-order valence-electron chi connectivity index (χ1n) is 13.0. The third-order valence-electron chi connectivity index (χ3n) is 7.18. The van der Waals surface area contributed by atoms with Crippen molar-refractivity contribution < 1.29 is 33.6 Å². The summed E-state index contributed by atoms with van der Waals surface area (Å²) in [6, 6.07) is 20.8. The average molecular weight is 531 g/mol. The van der Waals surface area contributed by atoms with Gasteiger partial charge in [-0.2, -0.15) is 0 Å². The fraction of sp³-hybridized carbons (Fsp3) is 0.586. The van der Waals surface area contributed by atoms with E-state index in [1.165, 1.54) is 10.4 Å². The molecular formula is C29H42O7Si. The molecule has 0 spiro atoms. The Hall–Kier alpha value is -1.62. The summed E-state index contributed by atoms with van der Waals surface area (Å²) in [6.45, 7) is 13.8. The molecule has 0 aromatic heterocycles. The molecule has 2 saturated heterocycles. The Balaban J connectivity index is 1.67. The number of hydrogen-bond acceptors (Lipinski definition) is 7. The van der Waals surface area contributed by atoms with Crippen LogP contribution < -0.4 is 10.4 Å². The average Bonchev–Trinajstić information content (AvgIpc) is 3.33. The molecule has 5 atom stereocenters. The Morgan fingerprint density at radius 2 is 1.22 bits per heavy atom. The zero-order chi connectivity index (χ0) is 27.1. The summed E-state index contributed by atoms with van der Waals surface area (Å²) in [5.41, 5.74) is 0. The van der Waals surface area contributed by atoms with E-state index < -0.39 is 50.4 Å². The van der Waals surface area contributed by atoms with Crippen LogP contribution in [0.25, 0.3) is 0 Å². The summed E-state index contributed by atoms with van der Waals surface area (Å²) in [5, 5.41) is 23.4. The van der Waals surface area contributed by atoms with Crippen LogP contribution in [0, 0.1) is 0 Å². The van der Waals surface area contributed by atoms with Gasteiger partial charge in [-0.3, -0.25) is 0 Å². The lowest BCUT2D eigenvalue weighted by Gasteiger charge is -2.43. The molecule has 0 saturated carbocycles. The van der Waals surface area contributed by atoms with Crippen LogP contribution in [0.3, 0.4) is 0 Å². The summed E-state index contributed by atoms with van der Waals surface area (Å²) >= 11 is 0. The van der Waals surface area contributed by atoms with Crippen molar-refractivity contribution in [3.05, 3.63) is 60.7 Å². The molecule has 204 valence electrons. The van der Waals surface area contributed by atoms with Crippen LogP contribution in [0.2, 0.25) is 5.04 Å². The molecule has 0 radical (unpaired) electrons. The van der Waals surface area contributed by atoms with E-state index in [-0.39, 0.29) is 18.3 Å². The molecule has 37 heavy (non-hydrogen) atoms. The van der Waals surface area contributed by atoms with E-state index in [0.29, 0.717) is 0 Å². The maximum Gasteiger partial charge on any atom is 0.261 e. The van der Waals surface area contributed by atoms with Crippen molar-refractivity contribution in [3.63, 3.8) is 0 Å². The first-order chi connectivity index (χ1) is 17.3. The number of aliphatic hydroxyl groups excluding tert-OH is 2. The second-order valence-corrected chi connectivity index (χ2v) is 16.2. The highest BCUT2D eigenvalue weighted by molar-refractivity contribution is 6.99. The van der Waals surface area contributed by atoms with Crippen molar-refractivity contribution >= 4 is 18.7 Å². The van der Waals surface area contributed by atoms with Gasteiger partial charge in [-0.1, -0.05) is 81.4 Å². The Bertz CT molecular complexity index is 982. The second kappa shape index (κ2) is 10.5. The third kappa shape index (κ3) is 5.72. The van der Waals surface area contributed by atoms with Crippen LogP contribution >= 0.6 is 0 Å². The van der Waals surface area contributed by atoms with Gasteiger partial charge in [0.05, 0.1) is 13.2 Å². The molecule has 2 fully saturated rings. The van der Waals surface area contributed by atoms with E-state index in [1.807, 2.05) is 50.2 Å². The van der Waals surface area contributed by atoms with Crippen LogP contribution in [-0.4, -0.2) is 73.8 Å². The van der Waals surface area contributed by atoms with Crippen LogP contribution in [0.4, 0.5) is 0 Å². The summed E-state index contributed by atoms with van der Waals surface area (Å²) in [4.78, 5) is 0. The predicted octanol–water partition coefficient (Wildman–Crippen LogP) is 2.96. The Morgan fingerprint density at radius 3 is 1.65 bits per heavy atom. The monoisotopic (exact) mass is 530 g/mol. The predicted molar refractivity (Wildman–Crippen MR) is 144 cm³/mol. The van der Waals surface area contributed by atoms with E-state index >= 15 is 0 Å². The lowest BCUT2D eigenvalue weighted by Crippen LogP contribution is -2.67. The van der Waals surface area contributed by atoms with Crippen molar-refractivity contribution in [1.82, 2.24) is 0 Å². The van der Waals surface area contributed by atoms with Gasteiger partial charge in [-0.25, -0.2) is 0 Å². The first kappa shape index (κ1) is 28.4. The third-order valence-corrected chi connectivity index (χ3v) is 12.2. The van der Waals surface area contributed by atoms with Gasteiger partial charge in [0.2, 0.25) is 0 Å². The van der Waals surface area contributed by atoms with Gasteiger partial charge in [-0.05, 0) is 43.1 Å². The van der Waals surface area contributed by atoms with E-state index in [2.05, 4.69) is 45.0 Å². The highest BCUT2D eigenvalue weighted by Crippen LogP contribution is 2.40. The molecule has 2 heterocycles. The molecule has 8 heteroatoms. The molecule has 0 aliphatic carbocycles. The maximum atomic E-state index is 11.4. The lowest BCUT2D eigenvalue weighted by atomic mass is 10.00. The molecular weight excluding hydrogens is 488 g/mol. The smallest absolute Gasteiger partial charge is 0.261 e. The normalized spacial score (nSPS) is 28.4. The van der Waals surface area contributed by atoms with Gasteiger partial charge < -0.3 is 33.6 Å². The number of ether oxygens (including phenoxy) is 4. The van der Waals surface area contributed by atoms with Crippen molar-refractivity contribution in [2.45, 2.75) is 95.6 Å². The molecule has 2 aromatic rings. The Kier molecular flexibility index (Phi) is 8.06. The number of aliphatic hydroxyl groups is 2. The van der Waals surface area contributed by atoms with Crippen LogP contribution in [0.15, 0.2) is 60.7 Å². The zero-order valence-electron chi connectivity index (χ0n) is 23.0. The summed E-state index contributed by atoms with van der Waals surface area (Å²) < 4.78 is 31.4. The fourth-order valence-corrected chi connectivity index (χ4v) is 10.3. The molecule has 0 amide bonds. The summed E-state index contributed by atoms with van der Waals surface area (Å²) in [5.74, 6) is -1.84. The number of rotatable bonds is 8. The van der Waals surface area contributed by atoms with Crippen LogP contribution in [0.5, 0.6) is 0 Å². The van der Waals surface area contributed by atoms with Crippen molar-refractivity contribution in [3.8, 4) is 0 Å². The van der Waals surface area contributed by atoms with Gasteiger partial charge in [0.25, 0.3) is 8.32 Å². The minimum atomic E-state index is -2.82. The van der Waals surface area contributed by atoms with E-state index in [9.17, 15) is 10.2 Å². The van der Waals surface area contributed by atoms with Crippen molar-refractivity contribution in [1.29, 1.82) is 0 Å². The molecule has 2 aliphatic heterocycles. The molecule has 7 nitrogen and oxygen atoms in total. The lowest BCUT2D eigenvalue weighted by molar-refractivity contribution is -0.179. The standard InChI is InChI=1S/C29H42O7Si/c1-27(2,3)37(20-14-10-8-11-15-20,21-16-12-9-13-17-21)32-19-23-26(36-29(6,7)34-23)24(31)25-22(18-30)33-28(4,5)35-25/h8-17,22-26,30-31H,18-19H2,1-7H3/t22-,23-,24+,25-,26+/m0/s1. The van der Waals surface area contributed by atoms with Crippen molar-refractivity contribution in [2.24, 2.45) is 0 Å². The topological polar surface area (TPSA) is 86.6 Å². The minimum absolute atomic E-state index is 0.201. The van der Waals surface area contributed by atoms with E-state index in [0.717, 1.165) is 0 Å². The molecule has 4 rings (SSSR count). The molecule has 2 aromatic carbocycles. The highest BCUT2D eigenvalue weighted by Gasteiger charge is 2.55. The van der Waals surface area contributed by atoms with Gasteiger partial charge in [-0.15, -0.1) is 0 Å². The summed E-state index contributed by atoms with van der Waals surface area (Å²) in [6.07, 6.45) is -3.81. The molecule has 2 N–H and O–H groups in total. The van der Waals surface area contributed by atoms with E-state index in [1.54, 1.807) is 13.8 Å². The molecule has 2 aliphatic rings. The van der Waals surface area contributed by atoms with Gasteiger partial charge in [0, 0.05) is 0 Å². The SMILES string of the molecule is CC1(C)O[C@H]([C@@H](O)[C@@H]2OC(C)(C)O[C@H]2CO[Si](c2ccccc2)(c2ccccc2)C(C)(C)C)[C@H](CO)O1. The molecule has 0 bridgehead atoms. The van der Waals surface area contributed by atoms with Gasteiger partial charge in [0.1, 0.15) is 30.5 Å². The quantitative estimate of drug-likeness (QED) is 0.508. The van der Waals surface area contributed by atoms with Crippen molar-refractivity contribution in [2.75, 3.05) is 13.2 Å². The largest absolute Gasteiger partial charge is 0.405 e. The fourth-order valence-electron chi connectivity index (χ4n) is 5.73. The zero-order valence-corrected chi connectivity index (χ0v) is 24.0. The second-order valence-electron chi connectivity index (χ2n) is 11.9. The maximum absolute atomic E-state index is 11.4. The Labute approximate surface area is 221 Å². The minimum Gasteiger partial charge on any atom is -0.405 e. The van der Waals surface area contributed by atoms with Gasteiger partial charge >= 0.3 is 0 Å². The number of benzene rings is 2. The van der Waals surface area contributed by atoms with Crippen LogP contribution in [0.1, 0.15) is 48.5 Å². The van der Waals surface area contributed by atoms with Crippen LogP contribution in [-0.2, 0) is 23.4 Å².